The molecule has 0 aliphatic heterocycles. The van der Waals surface area contributed by atoms with E-state index < -0.39 is 6.29 Å². The second kappa shape index (κ2) is 135. The van der Waals surface area contributed by atoms with Gasteiger partial charge in [-0.25, -0.2) is 4.79 Å². The van der Waals surface area contributed by atoms with Gasteiger partial charge in [-0.1, -0.05) is 345 Å². The molecule has 0 spiro atoms. The molecule has 2 amide bonds. The Morgan fingerprint density at radius 2 is 0.431 bits per heavy atom. The third-order valence-electron chi connectivity index (χ3n) is 19.8. The standard InChI is InChI=1S/C28H45NO3S.C27H42O4S.C24H38OS.C23H37NO2S.C23H36O2S/c1-2-3-4-5-6-7-8-9-10-11-12-13-14-15-16-17-18-19-20-22-27(30)29-24-25-32-28(31)23-21-26-33;1-3-4-5-6-7-8-9-10-11-12-13-14-15-16-17-18-19-20-22-26(28)30-25(2)31-27(29)23-21-24-32;1-2-3-4-5-6-7-8-9-10-11-12-13-14-15-16-17-18-19-21-24(25)22-20-23-26;1-2-3-4-5-6-7-8-9-10-11-12-13-14-15-16-17-18-19-21-26-23(25)24-20-22-27;1-2-3-4-5-6-7-8-9-10-11-12-13-14-15-16-17-18-21-25-23(24)20-19-22-26/h3-4,6-7,9-10,12-13,15-16,33H,2,5,8,11,14,17-26H2,1H3,(H,29,30);4-5,7-8,10-11,13-14,16-17,25,32H,3,6,9,12,15,18-24H2,1-2H3;3-4,6-7,9-10,12-13,15-16,26H,2,5,8,11,14,17-23H2,1H3;3-4,6-7,9-10,12-13,15-16,27H,2,5,8,11,14,17-22H2,1H3,(H,24,25);3-4,6-7,9-10,12-13,15-16,26H,2,5,8,11,14,17-22H2,1H3/b4-3-,7-6-,10-9-,13-12-,16-15-;5-4-,8-7-,11-10-,14-13-,17-16-;3*4-3-,7-6-,10-9-,13-12-,16-15-. The molecule has 19 heteroatoms. The van der Waals surface area contributed by atoms with Gasteiger partial charge in [0.15, 0.2) is 0 Å². The smallest absolute Gasteiger partial charge is 0.407 e. The Kier molecular flexibility index (Phi) is 135. The molecule has 0 fully saturated rings. The molecule has 0 aromatic rings. The van der Waals surface area contributed by atoms with E-state index in [9.17, 15) is 33.6 Å². The van der Waals surface area contributed by atoms with Crippen molar-refractivity contribution in [2.75, 3.05) is 61.7 Å². The normalized spacial score (nSPS) is 12.6. The summed E-state index contributed by atoms with van der Waals surface area (Å²) in [6.45, 7) is 14.5. The summed E-state index contributed by atoms with van der Waals surface area (Å²) in [6, 6.07) is 0. The molecule has 810 valence electrons. The van der Waals surface area contributed by atoms with Crippen molar-refractivity contribution < 1.29 is 57.2 Å². The summed E-state index contributed by atoms with van der Waals surface area (Å²) < 4.78 is 25.3. The summed E-state index contributed by atoms with van der Waals surface area (Å²) in [5.74, 6) is 2.85. The van der Waals surface area contributed by atoms with Gasteiger partial charge in [0, 0.05) is 64.2 Å². The second-order valence-electron chi connectivity index (χ2n) is 33.2. The summed E-state index contributed by atoms with van der Waals surface area (Å²) in [4.78, 5) is 80.3. The first-order valence-corrected chi connectivity index (χ1v) is 57.6. The van der Waals surface area contributed by atoms with E-state index in [0.29, 0.717) is 101 Å². The molecule has 2 N–H and O–H groups in total. The predicted molar refractivity (Wildman–Crippen MR) is 643 cm³/mol. The Morgan fingerprint density at radius 3 is 0.722 bits per heavy atom. The molecule has 0 aliphatic carbocycles. The lowest BCUT2D eigenvalue weighted by atomic mass is 10.1. The van der Waals surface area contributed by atoms with E-state index in [0.717, 1.165) is 288 Å². The molecule has 14 nitrogen and oxygen atoms in total. The molecule has 0 saturated heterocycles. The average Bonchev–Trinajstić information content (AvgIpc) is 0.962. The lowest BCUT2D eigenvalue weighted by molar-refractivity contribution is -0.184. The summed E-state index contributed by atoms with van der Waals surface area (Å²) in [7, 11) is 0. The predicted octanol–water partition coefficient (Wildman–Crippen LogP) is 35.4. The van der Waals surface area contributed by atoms with Crippen molar-refractivity contribution in [1.82, 2.24) is 10.6 Å². The molecule has 0 bridgehead atoms. The minimum absolute atomic E-state index is 0.0243. The number of nitrogens with one attached hydrogen (secondary N) is 2. The summed E-state index contributed by atoms with van der Waals surface area (Å²) >= 11 is 20.3. The highest BCUT2D eigenvalue weighted by Gasteiger charge is 2.14. The van der Waals surface area contributed by atoms with Gasteiger partial charge in [-0.3, -0.25) is 28.8 Å². The monoisotopic (exact) mass is 2080 g/mol. The molecule has 1 unspecified atom stereocenters. The Morgan fingerprint density at radius 1 is 0.208 bits per heavy atom. The maximum atomic E-state index is 11.8. The molecule has 0 heterocycles. The van der Waals surface area contributed by atoms with Crippen LogP contribution in [-0.4, -0.2) is 110 Å². The van der Waals surface area contributed by atoms with Crippen molar-refractivity contribution in [1.29, 1.82) is 0 Å². The summed E-state index contributed by atoms with van der Waals surface area (Å²) in [5.41, 5.74) is 0. The number of hydrogen-bond acceptors (Lipinski definition) is 17. The number of unbranched alkanes of at least 4 members (excludes halogenated alkanes) is 10. The number of carbonyl (C=O) groups is 7. The number of ketones is 1. The van der Waals surface area contributed by atoms with Gasteiger partial charge in [-0.15, -0.1) is 0 Å². The first-order chi connectivity index (χ1) is 70.7. The molecular weight excluding hydrogens is 1880 g/mol. The van der Waals surface area contributed by atoms with Crippen molar-refractivity contribution >= 4 is 105 Å². The van der Waals surface area contributed by atoms with Crippen molar-refractivity contribution in [2.24, 2.45) is 0 Å². The number of alkyl carbamates (subject to hydrolysis) is 1. The van der Waals surface area contributed by atoms with Gasteiger partial charge in [0.25, 0.3) is 0 Å². The number of carbonyl (C=O) groups excluding carboxylic acids is 7. The molecular formula is C125H198N2O12S5. The van der Waals surface area contributed by atoms with Crippen LogP contribution in [-0.2, 0) is 52.5 Å². The number of thiol groups is 5. The highest BCUT2D eigenvalue weighted by molar-refractivity contribution is 7.80. The molecule has 0 radical (unpaired) electrons. The quantitative estimate of drug-likeness (QED) is 0.00763. The Hall–Kier alpha value is -8.46. The summed E-state index contributed by atoms with van der Waals surface area (Å²) in [6.07, 6.45) is 155. The number of amides is 2. The van der Waals surface area contributed by atoms with Gasteiger partial charge in [0.1, 0.15) is 12.4 Å². The fraction of sp³-hybridized carbons (Fsp3) is 0.544. The van der Waals surface area contributed by atoms with Crippen molar-refractivity contribution in [3.8, 4) is 0 Å². The Bertz CT molecular complexity index is 3650. The van der Waals surface area contributed by atoms with Crippen LogP contribution in [0.25, 0.3) is 0 Å². The van der Waals surface area contributed by atoms with E-state index in [2.05, 4.69) is 412 Å². The van der Waals surface area contributed by atoms with Crippen LogP contribution in [0, 0.1) is 0 Å². The van der Waals surface area contributed by atoms with Gasteiger partial charge >= 0.3 is 30.0 Å². The van der Waals surface area contributed by atoms with E-state index in [1.807, 2.05) is 0 Å². The topological polar surface area (TPSA) is 190 Å². The van der Waals surface area contributed by atoms with E-state index in [1.165, 1.54) is 0 Å². The zero-order valence-electron chi connectivity index (χ0n) is 90.2. The van der Waals surface area contributed by atoms with Crippen molar-refractivity contribution in [3.05, 3.63) is 304 Å². The van der Waals surface area contributed by atoms with Gasteiger partial charge < -0.3 is 34.3 Å². The molecule has 0 aliphatic rings. The first-order valence-electron chi connectivity index (χ1n) is 54.4. The van der Waals surface area contributed by atoms with Crippen LogP contribution >= 0.6 is 63.1 Å². The highest BCUT2D eigenvalue weighted by atomic mass is 32.1. The van der Waals surface area contributed by atoms with Crippen LogP contribution in [0.3, 0.4) is 0 Å². The molecule has 0 saturated carbocycles. The zero-order chi connectivity index (χ0) is 106. The third-order valence-corrected chi connectivity index (χ3v) is 21.3. The van der Waals surface area contributed by atoms with E-state index in [4.69, 9.17) is 23.7 Å². The Balaban J connectivity index is -0.000000561. The number of hydrogen-bond donors (Lipinski definition) is 7. The van der Waals surface area contributed by atoms with Gasteiger partial charge in [0.2, 0.25) is 12.2 Å². The van der Waals surface area contributed by atoms with Crippen LogP contribution < -0.4 is 10.6 Å². The third kappa shape index (κ3) is 142. The SMILES string of the molecule is CC/C=C\C/C=C\C/C=C\C/C=C\C/C=C\CCCCC(=O)CCCS.CC/C=C\C/C=C\C/C=C\C/C=C\C/C=C\CCCCC(=O)OC(C)OC(=O)CCCS.CC/C=C\C/C=C\C/C=C\C/C=C\C/C=C\CCCCCC(=O)NCCOC(=O)CCCS.CC/C=C\C/C=C\C/C=C\C/C=C\C/C=C\CCCCOC(=O)NCCS.CC/C=C\C/C=C\C/C=C\C/C=C\C/C=C\CCCOC(=O)CCCS. The number of Topliss-reactive ketones (excluding diaryl/α,β-unsaturated/α-hetero) is 1. The molecule has 0 rings (SSSR count). The number of allylic oxidation sites excluding steroid dienone is 50. The number of esters is 4. The Labute approximate surface area is 906 Å². The zero-order valence-corrected chi connectivity index (χ0v) is 94.7. The molecule has 1 atom stereocenters. The van der Waals surface area contributed by atoms with Crippen molar-refractivity contribution in [3.63, 3.8) is 0 Å². The molecule has 0 aromatic heterocycles. The lowest BCUT2D eigenvalue weighted by Crippen LogP contribution is -2.27. The van der Waals surface area contributed by atoms with Crippen LogP contribution in [0.15, 0.2) is 304 Å². The minimum Gasteiger partial charge on any atom is -0.466 e. The van der Waals surface area contributed by atoms with Crippen LogP contribution in [0.4, 0.5) is 4.79 Å². The lowest BCUT2D eigenvalue weighted by Gasteiger charge is -2.13. The van der Waals surface area contributed by atoms with Crippen molar-refractivity contribution in [2.45, 2.75) is 375 Å². The van der Waals surface area contributed by atoms with Gasteiger partial charge in [0.05, 0.1) is 19.8 Å². The fourth-order valence-electron chi connectivity index (χ4n) is 12.0. The molecule has 0 aromatic carbocycles. The van der Waals surface area contributed by atoms with E-state index >= 15 is 0 Å². The second-order valence-corrected chi connectivity index (χ2v) is 35.5. The minimum atomic E-state index is -0.833. The van der Waals surface area contributed by atoms with Crippen LogP contribution in [0.5, 0.6) is 0 Å². The average molecular weight is 2080 g/mol. The van der Waals surface area contributed by atoms with E-state index in [-0.39, 0.29) is 42.5 Å². The maximum absolute atomic E-state index is 11.8. The highest BCUT2D eigenvalue weighted by Crippen LogP contribution is 2.13. The van der Waals surface area contributed by atoms with Crippen LogP contribution in [0.1, 0.15) is 369 Å². The van der Waals surface area contributed by atoms with Gasteiger partial charge in [-0.2, -0.15) is 63.1 Å². The number of rotatable bonds is 89. The van der Waals surface area contributed by atoms with Crippen LogP contribution in [0.2, 0.25) is 0 Å². The number of ether oxygens (including phenoxy) is 5. The maximum Gasteiger partial charge on any atom is 0.407 e. The fourth-order valence-corrected chi connectivity index (χ4v) is 12.7. The largest absolute Gasteiger partial charge is 0.466 e. The molecule has 144 heavy (non-hydrogen) atoms. The first kappa shape index (κ1) is 144. The van der Waals surface area contributed by atoms with E-state index in [1.54, 1.807) is 6.92 Å². The van der Waals surface area contributed by atoms with Gasteiger partial charge in [-0.05, 0) is 299 Å². The summed E-state index contributed by atoms with van der Waals surface area (Å²) in [5, 5.41) is 5.41.